The Bertz CT molecular complexity index is 2170. The van der Waals surface area contributed by atoms with Gasteiger partial charge in [-0.25, -0.2) is 4.99 Å². The average Bonchev–Trinajstić information content (AvgIpc) is 3.45. The van der Waals surface area contributed by atoms with Crippen molar-refractivity contribution < 1.29 is 17.5 Å². The topological polar surface area (TPSA) is 73.0 Å². The fraction of sp³-hybridized carbons (Fsp3) is 0.381. The van der Waals surface area contributed by atoms with E-state index in [0.717, 1.165) is 59.8 Å². The second kappa shape index (κ2) is 15.1. The monoisotopic (exact) mass is 740 g/mol. The minimum atomic E-state index is -3.98. The maximum Gasteiger partial charge on any atom is 0.264 e. The molecule has 1 N–H and O–H groups in total. The molecule has 266 valence electrons. The summed E-state index contributed by atoms with van der Waals surface area (Å²) in [4.78, 5) is 6.47. The van der Waals surface area contributed by atoms with Gasteiger partial charge >= 0.3 is 0 Å². The summed E-state index contributed by atoms with van der Waals surface area (Å²) in [5.41, 5.74) is 9.14. The number of fused-ring (bicyclic) bond motifs is 4. The van der Waals surface area contributed by atoms with Crippen molar-refractivity contribution in [3.05, 3.63) is 118 Å². The van der Waals surface area contributed by atoms with Gasteiger partial charge in [0, 0.05) is 52.5 Å². The van der Waals surface area contributed by atoms with Crippen molar-refractivity contribution in [2.45, 2.75) is 77.0 Å². The zero-order chi connectivity index (χ0) is 36.4. The first-order valence-electron chi connectivity index (χ1n) is 17.9. The number of aliphatic imine (C=N–C) groups is 1. The molecular formula is C42H47ClN3O3S2+. The molecule has 0 aromatic heterocycles. The Morgan fingerprint density at radius 2 is 1.73 bits per heavy atom. The first-order chi connectivity index (χ1) is 24.3. The number of anilines is 1. The van der Waals surface area contributed by atoms with Crippen LogP contribution in [0.5, 0.6) is 0 Å². The van der Waals surface area contributed by atoms with Crippen LogP contribution in [0, 0.1) is 0 Å². The van der Waals surface area contributed by atoms with Gasteiger partial charge in [0.1, 0.15) is 0 Å². The van der Waals surface area contributed by atoms with Crippen LogP contribution in [0.15, 0.2) is 112 Å². The summed E-state index contributed by atoms with van der Waals surface area (Å²) in [6.07, 6.45) is 13.6. The Labute approximate surface area is 313 Å². The number of thiocarbonyl (C=S) groups is 1. The Hall–Kier alpha value is -3.65. The van der Waals surface area contributed by atoms with E-state index in [4.69, 9.17) is 23.8 Å². The number of isothiocyanates is 1. The first kappa shape index (κ1) is 37.1. The largest absolute Gasteiger partial charge is 0.344 e. The quantitative estimate of drug-likeness (QED) is 0.0658. The molecule has 0 saturated heterocycles. The molecule has 3 aromatic rings. The van der Waals surface area contributed by atoms with Crippen LogP contribution in [0.1, 0.15) is 77.3 Å². The highest BCUT2D eigenvalue weighted by molar-refractivity contribution is 7.85. The van der Waals surface area contributed by atoms with Crippen LogP contribution in [-0.4, -0.2) is 53.8 Å². The molecule has 0 spiro atoms. The molecule has 2 aliphatic heterocycles. The van der Waals surface area contributed by atoms with Crippen LogP contribution < -0.4 is 4.90 Å². The van der Waals surface area contributed by atoms with E-state index in [-0.39, 0.29) is 16.6 Å². The summed E-state index contributed by atoms with van der Waals surface area (Å²) in [5, 5.41) is 5.84. The fourth-order valence-corrected chi connectivity index (χ4v) is 9.11. The molecule has 6 rings (SSSR count). The van der Waals surface area contributed by atoms with E-state index < -0.39 is 10.1 Å². The molecule has 0 fully saturated rings. The number of allylic oxidation sites excluding steroid dienone is 8. The Morgan fingerprint density at radius 1 is 0.961 bits per heavy atom. The fourth-order valence-electron chi connectivity index (χ4n) is 8.13. The highest BCUT2D eigenvalue weighted by atomic mass is 35.5. The summed E-state index contributed by atoms with van der Waals surface area (Å²) in [5.74, 6) is -0.231. The number of para-hydroxylation sites is 1. The van der Waals surface area contributed by atoms with Gasteiger partial charge in [-0.2, -0.15) is 13.0 Å². The van der Waals surface area contributed by atoms with Gasteiger partial charge in [0.15, 0.2) is 12.3 Å². The number of hydrogen-bond acceptors (Lipinski definition) is 5. The normalized spacial score (nSPS) is 19.8. The Morgan fingerprint density at radius 3 is 2.51 bits per heavy atom. The van der Waals surface area contributed by atoms with E-state index in [0.29, 0.717) is 25.9 Å². The second-order valence-electron chi connectivity index (χ2n) is 14.7. The van der Waals surface area contributed by atoms with Crippen LogP contribution in [0.25, 0.3) is 10.8 Å². The third-order valence-electron chi connectivity index (χ3n) is 10.6. The summed E-state index contributed by atoms with van der Waals surface area (Å²) >= 11 is 12.1. The van der Waals surface area contributed by atoms with Gasteiger partial charge in [-0.05, 0) is 104 Å². The zero-order valence-corrected chi connectivity index (χ0v) is 32.3. The lowest BCUT2D eigenvalue weighted by atomic mass is 9.79. The molecule has 0 bridgehead atoms. The molecular weight excluding hydrogens is 694 g/mol. The molecule has 0 radical (unpaired) electrons. The molecule has 0 unspecified atom stereocenters. The van der Waals surface area contributed by atoms with E-state index in [1.165, 1.54) is 33.3 Å². The van der Waals surface area contributed by atoms with Gasteiger partial charge in [-0.1, -0.05) is 80.1 Å². The molecule has 6 nitrogen and oxygen atoms in total. The van der Waals surface area contributed by atoms with Crippen LogP contribution in [-0.2, 0) is 20.9 Å². The van der Waals surface area contributed by atoms with Crippen molar-refractivity contribution in [2.75, 3.05) is 30.3 Å². The Kier molecular flexibility index (Phi) is 11.0. The third kappa shape index (κ3) is 7.62. The zero-order valence-electron chi connectivity index (χ0n) is 30.0. The summed E-state index contributed by atoms with van der Waals surface area (Å²) in [6.45, 7) is 11.2. The van der Waals surface area contributed by atoms with Crippen molar-refractivity contribution in [2.24, 2.45) is 4.99 Å². The molecule has 2 heterocycles. The minimum absolute atomic E-state index is 0.223. The summed E-state index contributed by atoms with van der Waals surface area (Å²) in [7, 11) is -3.98. The smallest absolute Gasteiger partial charge is 0.264 e. The molecule has 3 aliphatic rings. The lowest BCUT2D eigenvalue weighted by molar-refractivity contribution is -0.437. The lowest BCUT2D eigenvalue weighted by Gasteiger charge is -2.27. The van der Waals surface area contributed by atoms with Crippen LogP contribution in [0.4, 0.5) is 11.4 Å². The van der Waals surface area contributed by atoms with Crippen molar-refractivity contribution in [3.63, 3.8) is 0 Å². The molecule has 3 aromatic carbocycles. The number of unbranched alkanes of at least 4 members (excludes halogenated alkanes) is 1. The van der Waals surface area contributed by atoms with E-state index in [9.17, 15) is 13.0 Å². The lowest BCUT2D eigenvalue weighted by Crippen LogP contribution is -2.28. The molecule has 1 aliphatic carbocycles. The number of hydrogen-bond donors (Lipinski definition) is 1. The van der Waals surface area contributed by atoms with Crippen molar-refractivity contribution in [1.29, 1.82) is 0 Å². The van der Waals surface area contributed by atoms with Crippen LogP contribution in [0.2, 0.25) is 0 Å². The van der Waals surface area contributed by atoms with Crippen LogP contribution in [0.3, 0.4) is 0 Å². The minimum Gasteiger partial charge on any atom is -0.344 e. The van der Waals surface area contributed by atoms with Gasteiger partial charge in [0.25, 0.3) is 10.1 Å². The first-order valence-corrected chi connectivity index (χ1v) is 20.3. The highest BCUT2D eigenvalue weighted by Crippen LogP contribution is 2.48. The predicted molar refractivity (Wildman–Crippen MR) is 216 cm³/mol. The molecule has 0 amide bonds. The van der Waals surface area contributed by atoms with Gasteiger partial charge in [-0.15, -0.1) is 0 Å². The van der Waals surface area contributed by atoms with Gasteiger partial charge in [0.2, 0.25) is 5.69 Å². The van der Waals surface area contributed by atoms with E-state index >= 15 is 0 Å². The van der Waals surface area contributed by atoms with Crippen LogP contribution >= 0.6 is 23.8 Å². The average molecular weight is 741 g/mol. The second-order valence-corrected chi connectivity index (χ2v) is 16.9. The number of nitrogens with zero attached hydrogens (tertiary/aromatic N) is 3. The van der Waals surface area contributed by atoms with Gasteiger partial charge in [0.05, 0.1) is 22.9 Å². The number of halogens is 1. The number of rotatable bonds is 12. The number of benzene rings is 3. The maximum atomic E-state index is 11.3. The van der Waals surface area contributed by atoms with Crippen molar-refractivity contribution in [3.8, 4) is 0 Å². The predicted octanol–water partition coefficient (Wildman–Crippen LogP) is 10.2. The van der Waals surface area contributed by atoms with E-state index in [2.05, 4.69) is 126 Å². The maximum absolute atomic E-state index is 11.3. The molecule has 9 heteroatoms. The molecule has 0 atom stereocenters. The van der Waals surface area contributed by atoms with Gasteiger partial charge < -0.3 is 4.90 Å². The Balaban J connectivity index is 1.33. The van der Waals surface area contributed by atoms with Crippen molar-refractivity contribution >= 4 is 67.0 Å². The third-order valence-corrected chi connectivity index (χ3v) is 12.1. The summed E-state index contributed by atoms with van der Waals surface area (Å²) < 4.78 is 34.4. The SMILES string of the molecule is CC1(C)C(=CC=C2CCCC(C=CC3=[N+](CCCN=C=S)c4ccc5ccccc5c4C3(C)C)=C2Cl)N(CCCCS(=O)(=O)O)c2ccccc21. The van der Waals surface area contributed by atoms with E-state index in [1.807, 2.05) is 6.07 Å². The highest BCUT2D eigenvalue weighted by Gasteiger charge is 2.45. The van der Waals surface area contributed by atoms with E-state index in [1.54, 1.807) is 0 Å². The molecule has 0 saturated carbocycles. The summed E-state index contributed by atoms with van der Waals surface area (Å²) in [6, 6.07) is 21.5. The molecule has 51 heavy (non-hydrogen) atoms. The van der Waals surface area contributed by atoms with Crippen molar-refractivity contribution in [1.82, 2.24) is 0 Å². The van der Waals surface area contributed by atoms with Gasteiger partial charge in [-0.3, -0.25) is 4.55 Å². The standard InChI is InChI=1S/C42H46ClN3O3S2/c1-41(2)34-17-7-8-18-35(34)45(26-9-10-28-51(47,48)49)37(41)23-20-31-14-11-15-32(40(31)43)21-24-38-42(3,4)39-33-16-6-5-13-30(33)19-22-36(39)46(38)27-12-25-44-29-50/h5-8,13,16-24H,9-12,14-15,25-28H2,1-4H3/p+1.